The van der Waals surface area contributed by atoms with Gasteiger partial charge in [-0.3, -0.25) is 4.79 Å². The molecule has 2 saturated carbocycles. The fourth-order valence-electron chi connectivity index (χ4n) is 4.85. The zero-order valence-electron chi connectivity index (χ0n) is 11.9. The molecule has 0 radical (unpaired) electrons. The Bertz CT molecular complexity index is 401. The van der Waals surface area contributed by atoms with Crippen molar-refractivity contribution < 1.29 is 19.7 Å². The maximum absolute atomic E-state index is 12.0. The van der Waals surface area contributed by atoms with Crippen LogP contribution in [0.15, 0.2) is 0 Å². The first-order valence-electron chi connectivity index (χ1n) is 7.44. The van der Waals surface area contributed by atoms with Crippen molar-refractivity contribution in [3.63, 3.8) is 0 Å². The van der Waals surface area contributed by atoms with Crippen LogP contribution < -0.4 is 0 Å². The van der Waals surface area contributed by atoms with Crippen LogP contribution in [0.3, 0.4) is 0 Å². The van der Waals surface area contributed by atoms with Crippen LogP contribution in [0.2, 0.25) is 0 Å². The summed E-state index contributed by atoms with van der Waals surface area (Å²) in [6.45, 7) is 5.73. The summed E-state index contributed by atoms with van der Waals surface area (Å²) < 4.78 is 5.74. The lowest BCUT2D eigenvalue weighted by molar-refractivity contribution is -0.248. The summed E-state index contributed by atoms with van der Waals surface area (Å²) in [6.07, 6.45) is 2.40. The van der Waals surface area contributed by atoms with Crippen LogP contribution in [0, 0.1) is 23.7 Å². The molecule has 0 unspecified atom stereocenters. The van der Waals surface area contributed by atoms with E-state index in [0.29, 0.717) is 12.3 Å². The Labute approximate surface area is 114 Å². The molecule has 2 aliphatic carbocycles. The van der Waals surface area contributed by atoms with E-state index in [9.17, 15) is 15.0 Å². The standard InChI is InChI=1S/C15H24O4/c1-8-4-5-11-9(2)12(16)19-15(11)10(8)6-7-14(3,18)13(15)17/h8-11,13,17-18H,4-7H2,1-3H3/t8-,9-,10+,11+,13-,14-,15+/m0/s1. The summed E-state index contributed by atoms with van der Waals surface area (Å²) in [5, 5.41) is 21.2. The van der Waals surface area contributed by atoms with Gasteiger partial charge in [-0.05, 0) is 38.5 Å². The molecule has 0 aromatic carbocycles. The van der Waals surface area contributed by atoms with Gasteiger partial charge in [-0.25, -0.2) is 0 Å². The molecule has 0 aromatic rings. The molecule has 4 heteroatoms. The molecule has 2 N–H and O–H groups in total. The molecule has 19 heavy (non-hydrogen) atoms. The molecule has 0 aromatic heterocycles. The molecule has 7 atom stereocenters. The maximum Gasteiger partial charge on any atom is 0.309 e. The van der Waals surface area contributed by atoms with Gasteiger partial charge in [0, 0.05) is 11.8 Å². The van der Waals surface area contributed by atoms with E-state index in [2.05, 4.69) is 6.92 Å². The van der Waals surface area contributed by atoms with Gasteiger partial charge in [0.1, 0.15) is 11.7 Å². The van der Waals surface area contributed by atoms with Crippen molar-refractivity contribution in [3.8, 4) is 0 Å². The molecule has 4 nitrogen and oxygen atoms in total. The van der Waals surface area contributed by atoms with Gasteiger partial charge in [-0.1, -0.05) is 13.8 Å². The van der Waals surface area contributed by atoms with Gasteiger partial charge in [-0.2, -0.15) is 0 Å². The van der Waals surface area contributed by atoms with Crippen LogP contribution in [0.1, 0.15) is 46.5 Å². The average Bonchev–Trinajstić information content (AvgIpc) is 2.59. The average molecular weight is 268 g/mol. The van der Waals surface area contributed by atoms with Crippen LogP contribution in [0.25, 0.3) is 0 Å². The fraction of sp³-hybridized carbons (Fsp3) is 0.933. The van der Waals surface area contributed by atoms with Crippen LogP contribution >= 0.6 is 0 Å². The Hall–Kier alpha value is -0.610. The van der Waals surface area contributed by atoms with Gasteiger partial charge < -0.3 is 14.9 Å². The van der Waals surface area contributed by atoms with Crippen molar-refractivity contribution in [2.75, 3.05) is 0 Å². The lowest BCUT2D eigenvalue weighted by Gasteiger charge is -2.56. The molecule has 0 amide bonds. The zero-order valence-corrected chi connectivity index (χ0v) is 11.9. The second-order valence-electron chi connectivity index (χ2n) is 7.13. The zero-order chi connectivity index (χ0) is 14.0. The summed E-state index contributed by atoms with van der Waals surface area (Å²) in [7, 11) is 0. The third kappa shape index (κ3) is 1.56. The Morgan fingerprint density at radius 2 is 1.89 bits per heavy atom. The second-order valence-corrected chi connectivity index (χ2v) is 7.13. The van der Waals surface area contributed by atoms with Gasteiger partial charge in [0.2, 0.25) is 0 Å². The SMILES string of the molecule is C[C@@H]1C(=O)O[C@@]23[C@@H]1CC[C@H](C)[C@H]2CC[C@](C)(O)[C@@H]3O. The minimum absolute atomic E-state index is 0.0444. The maximum atomic E-state index is 12.0. The molecule has 3 fully saturated rings. The van der Waals surface area contributed by atoms with Crippen molar-refractivity contribution in [1.29, 1.82) is 0 Å². The smallest absolute Gasteiger partial charge is 0.309 e. The van der Waals surface area contributed by atoms with E-state index in [1.165, 1.54) is 0 Å². The van der Waals surface area contributed by atoms with E-state index in [4.69, 9.17) is 4.74 Å². The minimum atomic E-state index is -1.16. The normalized spacial score (nSPS) is 57.3. The summed E-state index contributed by atoms with van der Waals surface area (Å²) in [6, 6.07) is 0. The van der Waals surface area contributed by atoms with E-state index in [1.54, 1.807) is 6.92 Å². The number of carbonyl (C=O) groups excluding carboxylic acids is 1. The highest BCUT2D eigenvalue weighted by Crippen LogP contribution is 2.59. The molecule has 1 spiro atoms. The first-order chi connectivity index (χ1) is 8.80. The molecule has 0 bridgehead atoms. The lowest BCUT2D eigenvalue weighted by Crippen LogP contribution is -2.67. The van der Waals surface area contributed by atoms with Crippen LogP contribution in [-0.2, 0) is 9.53 Å². The molecule has 3 rings (SSSR count). The Balaban J connectivity index is 2.08. The Kier molecular flexibility index (Phi) is 2.78. The molecule has 1 aliphatic heterocycles. The highest BCUT2D eigenvalue weighted by atomic mass is 16.6. The molecule has 3 aliphatic rings. The van der Waals surface area contributed by atoms with Crippen molar-refractivity contribution in [3.05, 3.63) is 0 Å². The lowest BCUT2D eigenvalue weighted by atomic mass is 9.53. The number of aliphatic hydroxyl groups excluding tert-OH is 1. The van der Waals surface area contributed by atoms with E-state index in [1.807, 2.05) is 6.92 Å². The number of ether oxygens (including phenoxy) is 1. The van der Waals surface area contributed by atoms with E-state index in [0.717, 1.165) is 19.3 Å². The van der Waals surface area contributed by atoms with Gasteiger partial charge in [0.05, 0.1) is 11.5 Å². The quantitative estimate of drug-likeness (QED) is 0.653. The topological polar surface area (TPSA) is 66.8 Å². The second kappa shape index (κ2) is 3.95. The van der Waals surface area contributed by atoms with Crippen molar-refractivity contribution in [2.24, 2.45) is 23.7 Å². The highest BCUT2D eigenvalue weighted by Gasteiger charge is 2.68. The van der Waals surface area contributed by atoms with E-state index < -0.39 is 17.3 Å². The highest BCUT2D eigenvalue weighted by molar-refractivity contribution is 5.76. The van der Waals surface area contributed by atoms with Crippen LogP contribution in [-0.4, -0.2) is 33.5 Å². The number of esters is 1. The van der Waals surface area contributed by atoms with Crippen molar-refractivity contribution >= 4 is 5.97 Å². The third-order valence-corrected chi connectivity index (χ3v) is 6.01. The third-order valence-electron chi connectivity index (χ3n) is 6.01. The van der Waals surface area contributed by atoms with Crippen LogP contribution in [0.5, 0.6) is 0 Å². The number of hydrogen-bond acceptors (Lipinski definition) is 4. The fourth-order valence-corrected chi connectivity index (χ4v) is 4.85. The number of aliphatic hydroxyl groups is 2. The monoisotopic (exact) mass is 268 g/mol. The van der Waals surface area contributed by atoms with Gasteiger partial charge in [-0.15, -0.1) is 0 Å². The van der Waals surface area contributed by atoms with Gasteiger partial charge in [0.15, 0.2) is 0 Å². The number of carbonyl (C=O) groups is 1. The molecule has 108 valence electrons. The van der Waals surface area contributed by atoms with Crippen molar-refractivity contribution in [1.82, 2.24) is 0 Å². The molecular formula is C15H24O4. The summed E-state index contributed by atoms with van der Waals surface area (Å²) >= 11 is 0. The van der Waals surface area contributed by atoms with E-state index in [-0.39, 0.29) is 23.7 Å². The van der Waals surface area contributed by atoms with Crippen molar-refractivity contribution in [2.45, 2.75) is 63.8 Å². The summed E-state index contributed by atoms with van der Waals surface area (Å²) in [5.41, 5.74) is -2.01. The van der Waals surface area contributed by atoms with Gasteiger partial charge in [0.25, 0.3) is 0 Å². The first-order valence-corrected chi connectivity index (χ1v) is 7.44. The predicted octanol–water partition coefficient (Wildman–Crippen LogP) is 1.49. The Morgan fingerprint density at radius 3 is 2.58 bits per heavy atom. The molecule has 1 heterocycles. The molecule has 1 saturated heterocycles. The molecular weight excluding hydrogens is 244 g/mol. The minimum Gasteiger partial charge on any atom is -0.455 e. The Morgan fingerprint density at radius 1 is 1.21 bits per heavy atom. The first kappa shape index (κ1) is 13.4. The summed E-state index contributed by atoms with van der Waals surface area (Å²) in [4.78, 5) is 12.0. The van der Waals surface area contributed by atoms with Gasteiger partial charge >= 0.3 is 5.97 Å². The van der Waals surface area contributed by atoms with Crippen LogP contribution in [0.4, 0.5) is 0 Å². The van der Waals surface area contributed by atoms with E-state index >= 15 is 0 Å². The number of hydrogen-bond donors (Lipinski definition) is 2. The predicted molar refractivity (Wildman–Crippen MR) is 69.2 cm³/mol. The number of rotatable bonds is 0. The largest absolute Gasteiger partial charge is 0.455 e. The summed E-state index contributed by atoms with van der Waals surface area (Å²) in [5.74, 6) is 0.276.